The number of nitrogens with zero attached hydrogens (tertiary/aromatic N) is 3. The fraction of sp³-hybridized carbons (Fsp3) is 0.538. The largest absolute Gasteiger partial charge is 0.352 e. The maximum Gasteiger partial charge on any atom is 0.239 e. The highest BCUT2D eigenvalue weighted by atomic mass is 35.5. The van der Waals surface area contributed by atoms with Crippen molar-refractivity contribution in [3.05, 3.63) is 22.3 Å². The molecular weight excluding hydrogens is 299 g/mol. The van der Waals surface area contributed by atoms with Crippen LogP contribution in [0.2, 0.25) is 10.0 Å². The highest BCUT2D eigenvalue weighted by molar-refractivity contribution is 6.36. The Labute approximate surface area is 128 Å². The number of amides is 1. The van der Waals surface area contributed by atoms with E-state index in [1.807, 2.05) is 6.92 Å². The lowest BCUT2D eigenvalue weighted by Gasteiger charge is -2.36. The number of rotatable bonds is 3. The van der Waals surface area contributed by atoms with E-state index in [1.165, 1.54) is 0 Å². The van der Waals surface area contributed by atoms with Crippen LogP contribution in [0.1, 0.15) is 13.3 Å². The van der Waals surface area contributed by atoms with E-state index in [2.05, 4.69) is 9.88 Å². The lowest BCUT2D eigenvalue weighted by molar-refractivity contribution is -0.132. The zero-order chi connectivity index (χ0) is 14.7. The van der Waals surface area contributed by atoms with Gasteiger partial charge in [-0.3, -0.25) is 4.79 Å². The number of halogens is 2. The Kier molecular flexibility index (Phi) is 5.07. The summed E-state index contributed by atoms with van der Waals surface area (Å²) in [5.74, 6) is 0.727. The molecule has 0 bridgehead atoms. The van der Waals surface area contributed by atoms with Crippen molar-refractivity contribution in [1.29, 1.82) is 0 Å². The molecule has 2 N–H and O–H groups in total. The van der Waals surface area contributed by atoms with Gasteiger partial charge in [0.05, 0.1) is 16.1 Å². The number of nitrogens with two attached hydrogens (primary N) is 1. The summed E-state index contributed by atoms with van der Waals surface area (Å²) < 4.78 is 0. The SMILES string of the molecule is CCC(N)C(=O)N1CCN(c2ncc(Cl)cc2Cl)CC1. The lowest BCUT2D eigenvalue weighted by Crippen LogP contribution is -2.53. The zero-order valence-electron chi connectivity index (χ0n) is 11.4. The van der Waals surface area contributed by atoms with Gasteiger partial charge in [0.25, 0.3) is 0 Å². The van der Waals surface area contributed by atoms with Gasteiger partial charge in [-0.1, -0.05) is 30.1 Å². The first-order chi connectivity index (χ1) is 9.52. The minimum absolute atomic E-state index is 0.0160. The molecule has 1 unspecified atom stereocenters. The first kappa shape index (κ1) is 15.4. The number of pyridine rings is 1. The standard InChI is InChI=1S/C13H18Cl2N4O/c1-2-11(16)13(20)19-5-3-18(4-6-19)12-10(15)7-9(14)8-17-12/h7-8,11H,2-6,16H2,1H3. The smallest absolute Gasteiger partial charge is 0.239 e. The molecule has 1 aliphatic rings. The van der Waals surface area contributed by atoms with Crippen LogP contribution in [-0.4, -0.2) is 48.0 Å². The molecule has 1 atom stereocenters. The second-order valence-electron chi connectivity index (χ2n) is 4.79. The normalized spacial score (nSPS) is 17.2. The molecule has 0 radical (unpaired) electrons. The summed E-state index contributed by atoms with van der Waals surface area (Å²) in [7, 11) is 0. The molecule has 1 fully saturated rings. The van der Waals surface area contributed by atoms with Crippen molar-refractivity contribution >= 4 is 34.9 Å². The molecule has 2 rings (SSSR count). The monoisotopic (exact) mass is 316 g/mol. The van der Waals surface area contributed by atoms with Crippen LogP contribution in [0.5, 0.6) is 0 Å². The van der Waals surface area contributed by atoms with Crippen molar-refractivity contribution in [2.75, 3.05) is 31.1 Å². The van der Waals surface area contributed by atoms with Gasteiger partial charge in [0.2, 0.25) is 5.91 Å². The average Bonchev–Trinajstić information content (AvgIpc) is 2.46. The molecule has 1 aliphatic heterocycles. The number of carbonyl (C=O) groups is 1. The van der Waals surface area contributed by atoms with Gasteiger partial charge < -0.3 is 15.5 Å². The predicted molar refractivity (Wildman–Crippen MR) is 81.3 cm³/mol. The van der Waals surface area contributed by atoms with E-state index in [9.17, 15) is 4.79 Å². The van der Waals surface area contributed by atoms with Crippen LogP contribution in [0.4, 0.5) is 5.82 Å². The van der Waals surface area contributed by atoms with E-state index < -0.39 is 6.04 Å². The van der Waals surface area contributed by atoms with Crippen LogP contribution in [0.25, 0.3) is 0 Å². The van der Waals surface area contributed by atoms with Crippen molar-refractivity contribution in [1.82, 2.24) is 9.88 Å². The summed E-state index contributed by atoms with van der Waals surface area (Å²) in [5.41, 5.74) is 5.78. The van der Waals surface area contributed by atoms with Gasteiger partial charge in [0.15, 0.2) is 0 Å². The number of hydrogen-bond acceptors (Lipinski definition) is 4. The maximum absolute atomic E-state index is 12.0. The highest BCUT2D eigenvalue weighted by Gasteiger charge is 2.25. The van der Waals surface area contributed by atoms with Gasteiger partial charge >= 0.3 is 0 Å². The summed E-state index contributed by atoms with van der Waals surface area (Å²) in [5, 5.41) is 1.05. The molecule has 1 amide bonds. The van der Waals surface area contributed by atoms with E-state index in [4.69, 9.17) is 28.9 Å². The third kappa shape index (κ3) is 3.34. The molecule has 0 spiro atoms. The molecular formula is C13H18Cl2N4O. The molecule has 0 saturated carbocycles. The molecule has 2 heterocycles. The summed E-state index contributed by atoms with van der Waals surface area (Å²) in [6.45, 7) is 4.56. The first-order valence-electron chi connectivity index (χ1n) is 6.63. The number of carbonyl (C=O) groups excluding carboxylic acids is 1. The molecule has 20 heavy (non-hydrogen) atoms. The second kappa shape index (κ2) is 6.61. The quantitative estimate of drug-likeness (QED) is 0.923. The third-order valence-corrected chi connectivity index (χ3v) is 3.92. The molecule has 7 heteroatoms. The van der Waals surface area contributed by atoms with Gasteiger partial charge in [-0.05, 0) is 12.5 Å². The Morgan fingerprint density at radius 2 is 2.05 bits per heavy atom. The highest BCUT2D eigenvalue weighted by Crippen LogP contribution is 2.26. The van der Waals surface area contributed by atoms with Crippen molar-refractivity contribution < 1.29 is 4.79 Å². The number of piperazine rings is 1. The molecule has 110 valence electrons. The average molecular weight is 317 g/mol. The van der Waals surface area contributed by atoms with Crippen LogP contribution in [-0.2, 0) is 4.79 Å². The lowest BCUT2D eigenvalue weighted by atomic mass is 10.2. The third-order valence-electron chi connectivity index (χ3n) is 3.44. The Balaban J connectivity index is 1.99. The van der Waals surface area contributed by atoms with Crippen LogP contribution >= 0.6 is 23.2 Å². The molecule has 1 saturated heterocycles. The Morgan fingerprint density at radius 1 is 1.40 bits per heavy atom. The predicted octanol–water partition coefficient (Wildman–Crippen LogP) is 1.77. The molecule has 1 aromatic heterocycles. The van der Waals surface area contributed by atoms with Crippen LogP contribution in [0, 0.1) is 0 Å². The van der Waals surface area contributed by atoms with Gasteiger partial charge in [0, 0.05) is 32.4 Å². The van der Waals surface area contributed by atoms with Gasteiger partial charge in [-0.25, -0.2) is 4.98 Å². The molecule has 0 aliphatic carbocycles. The van der Waals surface area contributed by atoms with Crippen LogP contribution < -0.4 is 10.6 Å². The Bertz CT molecular complexity index is 489. The van der Waals surface area contributed by atoms with E-state index in [1.54, 1.807) is 17.2 Å². The number of hydrogen-bond donors (Lipinski definition) is 1. The Morgan fingerprint density at radius 3 is 2.60 bits per heavy atom. The van der Waals surface area contributed by atoms with E-state index in [-0.39, 0.29) is 5.91 Å². The zero-order valence-corrected chi connectivity index (χ0v) is 12.9. The van der Waals surface area contributed by atoms with E-state index in [0.717, 1.165) is 0 Å². The minimum Gasteiger partial charge on any atom is -0.352 e. The van der Waals surface area contributed by atoms with E-state index in [0.29, 0.717) is 48.5 Å². The molecule has 0 aromatic carbocycles. The molecule has 1 aromatic rings. The summed E-state index contributed by atoms with van der Waals surface area (Å²) in [6, 6.07) is 1.27. The van der Waals surface area contributed by atoms with Gasteiger partial charge in [-0.2, -0.15) is 0 Å². The van der Waals surface area contributed by atoms with E-state index >= 15 is 0 Å². The summed E-state index contributed by atoms with van der Waals surface area (Å²) in [6.07, 6.45) is 2.23. The topological polar surface area (TPSA) is 62.5 Å². The Hall–Kier alpha value is -1.04. The van der Waals surface area contributed by atoms with Crippen molar-refractivity contribution in [3.8, 4) is 0 Å². The molecule has 5 nitrogen and oxygen atoms in total. The first-order valence-corrected chi connectivity index (χ1v) is 7.39. The fourth-order valence-corrected chi connectivity index (χ4v) is 2.69. The van der Waals surface area contributed by atoms with Gasteiger partial charge in [-0.15, -0.1) is 0 Å². The summed E-state index contributed by atoms with van der Waals surface area (Å²) >= 11 is 12.0. The fourth-order valence-electron chi connectivity index (χ4n) is 2.19. The maximum atomic E-state index is 12.0. The summed E-state index contributed by atoms with van der Waals surface area (Å²) in [4.78, 5) is 20.1. The van der Waals surface area contributed by atoms with Crippen LogP contribution in [0.3, 0.4) is 0 Å². The number of aromatic nitrogens is 1. The van der Waals surface area contributed by atoms with Gasteiger partial charge in [0.1, 0.15) is 5.82 Å². The second-order valence-corrected chi connectivity index (χ2v) is 5.63. The number of anilines is 1. The van der Waals surface area contributed by atoms with Crippen molar-refractivity contribution in [3.63, 3.8) is 0 Å². The minimum atomic E-state index is -0.404. The van der Waals surface area contributed by atoms with Crippen molar-refractivity contribution in [2.24, 2.45) is 5.73 Å². The van der Waals surface area contributed by atoms with Crippen LogP contribution in [0.15, 0.2) is 12.3 Å². The van der Waals surface area contributed by atoms with Crippen molar-refractivity contribution in [2.45, 2.75) is 19.4 Å².